The minimum absolute atomic E-state index is 0.117. The summed E-state index contributed by atoms with van der Waals surface area (Å²) in [4.78, 5) is 26.3. The lowest BCUT2D eigenvalue weighted by atomic mass is 9.87. The second-order valence-corrected chi connectivity index (χ2v) is 8.80. The molecule has 0 radical (unpaired) electrons. The van der Waals surface area contributed by atoms with Crippen LogP contribution in [-0.4, -0.2) is 41.6 Å². The number of fused-ring (bicyclic) bond motifs is 1. The predicted molar refractivity (Wildman–Crippen MR) is 130 cm³/mol. The van der Waals surface area contributed by atoms with Gasteiger partial charge in [-0.15, -0.1) is 0 Å². The predicted octanol–water partition coefficient (Wildman–Crippen LogP) is 4.97. The lowest BCUT2D eigenvalue weighted by Crippen LogP contribution is -2.43. The number of hydrogen-bond acceptors (Lipinski definition) is 4. The molecule has 1 aliphatic rings. The number of carbonyl (C=O) groups excluding carboxylic acids is 1. The van der Waals surface area contributed by atoms with Crippen LogP contribution < -0.4 is 9.47 Å². The largest absolute Gasteiger partial charge is 0.483 e. The third-order valence-corrected chi connectivity index (χ3v) is 6.14. The number of aliphatic carboxylic acids is 1. The van der Waals surface area contributed by atoms with Gasteiger partial charge in [-0.2, -0.15) is 0 Å². The molecule has 0 fully saturated rings. The van der Waals surface area contributed by atoms with Gasteiger partial charge in [0.2, 0.25) is 0 Å². The van der Waals surface area contributed by atoms with Crippen LogP contribution in [0.3, 0.4) is 0 Å². The molecule has 34 heavy (non-hydrogen) atoms. The minimum Gasteiger partial charge on any atom is -0.483 e. The van der Waals surface area contributed by atoms with Gasteiger partial charge >= 0.3 is 5.97 Å². The highest BCUT2D eigenvalue weighted by atomic mass is 35.5. The first-order valence-corrected chi connectivity index (χ1v) is 11.4. The Hall–Kier alpha value is -3.51. The average Bonchev–Trinajstić information content (AvgIpc) is 2.81. The third-order valence-electron chi connectivity index (χ3n) is 5.90. The van der Waals surface area contributed by atoms with E-state index in [-0.39, 0.29) is 12.5 Å². The fourth-order valence-corrected chi connectivity index (χ4v) is 4.54. The van der Waals surface area contributed by atoms with Gasteiger partial charge < -0.3 is 19.5 Å². The number of rotatable bonds is 7. The molecule has 1 unspecified atom stereocenters. The highest BCUT2D eigenvalue weighted by Gasteiger charge is 2.34. The average molecular weight is 480 g/mol. The summed E-state index contributed by atoms with van der Waals surface area (Å²) in [5, 5.41) is 9.59. The SMILES string of the molecule is Cc1ccc(OCC(=O)N2CCc3ccccc3C2c2cc(Cl)ccc2OCC(=O)O)c(C)c1. The van der Waals surface area contributed by atoms with Crippen LogP contribution >= 0.6 is 11.6 Å². The summed E-state index contributed by atoms with van der Waals surface area (Å²) >= 11 is 6.32. The van der Waals surface area contributed by atoms with Gasteiger partial charge in [0.05, 0.1) is 6.04 Å². The first kappa shape index (κ1) is 23.6. The Morgan fingerprint density at radius 3 is 2.47 bits per heavy atom. The van der Waals surface area contributed by atoms with Crippen LogP contribution in [-0.2, 0) is 16.0 Å². The number of aryl methyl sites for hydroxylation is 2. The Morgan fingerprint density at radius 2 is 1.71 bits per heavy atom. The molecule has 0 aliphatic carbocycles. The molecule has 0 saturated heterocycles. The summed E-state index contributed by atoms with van der Waals surface area (Å²) in [5.74, 6) is -0.217. The van der Waals surface area contributed by atoms with Crippen molar-refractivity contribution in [2.45, 2.75) is 26.3 Å². The van der Waals surface area contributed by atoms with Gasteiger partial charge in [0, 0.05) is 17.1 Å². The highest BCUT2D eigenvalue weighted by Crippen LogP contribution is 2.40. The zero-order valence-electron chi connectivity index (χ0n) is 19.1. The van der Waals surface area contributed by atoms with Gasteiger partial charge in [-0.3, -0.25) is 4.79 Å². The first-order valence-electron chi connectivity index (χ1n) is 11.0. The van der Waals surface area contributed by atoms with Gasteiger partial charge in [0.25, 0.3) is 5.91 Å². The Bertz CT molecular complexity index is 1230. The van der Waals surface area contributed by atoms with E-state index < -0.39 is 18.6 Å². The molecule has 1 N–H and O–H groups in total. The zero-order valence-corrected chi connectivity index (χ0v) is 19.8. The van der Waals surface area contributed by atoms with E-state index in [0.717, 1.165) is 22.3 Å². The van der Waals surface area contributed by atoms with Crippen LogP contribution in [0, 0.1) is 13.8 Å². The summed E-state index contributed by atoms with van der Waals surface area (Å²) in [5.41, 5.74) is 4.80. The van der Waals surface area contributed by atoms with Gasteiger partial charge in [0.1, 0.15) is 11.5 Å². The summed E-state index contributed by atoms with van der Waals surface area (Å²) in [6, 6.07) is 18.3. The molecule has 4 rings (SSSR count). The van der Waals surface area contributed by atoms with Crippen molar-refractivity contribution in [3.8, 4) is 11.5 Å². The normalized spacial score (nSPS) is 14.9. The minimum atomic E-state index is -1.08. The molecule has 3 aromatic carbocycles. The molecular weight excluding hydrogens is 454 g/mol. The molecule has 1 aliphatic heterocycles. The van der Waals surface area contributed by atoms with Crippen molar-refractivity contribution in [2.24, 2.45) is 0 Å². The quantitative estimate of drug-likeness (QED) is 0.517. The van der Waals surface area contributed by atoms with E-state index in [9.17, 15) is 9.59 Å². The van der Waals surface area contributed by atoms with E-state index in [1.165, 1.54) is 0 Å². The molecule has 1 amide bonds. The molecule has 3 aromatic rings. The van der Waals surface area contributed by atoms with E-state index in [4.69, 9.17) is 26.2 Å². The number of carbonyl (C=O) groups is 2. The number of carboxylic acids is 1. The van der Waals surface area contributed by atoms with Crippen LogP contribution in [0.2, 0.25) is 5.02 Å². The molecule has 1 atom stereocenters. The fourth-order valence-electron chi connectivity index (χ4n) is 4.36. The third kappa shape index (κ3) is 5.18. The number of carboxylic acid groups (broad SMARTS) is 1. The summed E-state index contributed by atoms with van der Waals surface area (Å²) < 4.78 is 11.5. The number of ether oxygens (including phenoxy) is 2. The van der Waals surface area contributed by atoms with Crippen LogP contribution in [0.1, 0.15) is 33.9 Å². The molecule has 0 bridgehead atoms. The van der Waals surface area contributed by atoms with Gasteiger partial charge in [-0.05, 0) is 61.2 Å². The van der Waals surface area contributed by atoms with Crippen molar-refractivity contribution in [3.63, 3.8) is 0 Å². The maximum atomic E-state index is 13.4. The van der Waals surface area contributed by atoms with Crippen LogP contribution in [0.5, 0.6) is 11.5 Å². The Morgan fingerprint density at radius 1 is 0.971 bits per heavy atom. The molecule has 1 heterocycles. The smallest absolute Gasteiger partial charge is 0.341 e. The number of amides is 1. The molecule has 0 spiro atoms. The van der Waals surface area contributed by atoms with Crippen molar-refractivity contribution in [2.75, 3.05) is 19.8 Å². The van der Waals surface area contributed by atoms with Crippen molar-refractivity contribution in [1.82, 2.24) is 4.90 Å². The lowest BCUT2D eigenvalue weighted by Gasteiger charge is -2.38. The van der Waals surface area contributed by atoms with Crippen LogP contribution in [0.4, 0.5) is 0 Å². The molecular formula is C27H26ClNO5. The summed E-state index contributed by atoms with van der Waals surface area (Å²) in [6.45, 7) is 3.83. The Labute approximate surface area is 203 Å². The van der Waals surface area contributed by atoms with Gasteiger partial charge in [-0.1, -0.05) is 53.6 Å². The molecule has 0 saturated carbocycles. The van der Waals surface area contributed by atoms with Crippen LogP contribution in [0.25, 0.3) is 0 Å². The van der Waals surface area contributed by atoms with Gasteiger partial charge in [0.15, 0.2) is 13.2 Å². The molecule has 7 heteroatoms. The standard InChI is InChI=1S/C27H26ClNO5/c1-17-7-9-23(18(2)13-17)33-15-25(30)29-12-11-19-5-3-4-6-21(19)27(29)22-14-20(28)8-10-24(22)34-16-26(31)32/h3-10,13-14,27H,11-12,15-16H2,1-2H3,(H,31,32). The number of nitrogens with zero attached hydrogens (tertiary/aromatic N) is 1. The van der Waals surface area contributed by atoms with Crippen molar-refractivity contribution < 1.29 is 24.2 Å². The lowest BCUT2D eigenvalue weighted by molar-refractivity contribution is -0.139. The topological polar surface area (TPSA) is 76.1 Å². The first-order chi connectivity index (χ1) is 16.3. The monoisotopic (exact) mass is 479 g/mol. The van der Waals surface area contributed by atoms with E-state index in [1.54, 1.807) is 23.1 Å². The fraction of sp³-hybridized carbons (Fsp3) is 0.259. The summed E-state index contributed by atoms with van der Waals surface area (Å²) in [7, 11) is 0. The number of hydrogen-bond donors (Lipinski definition) is 1. The Kier molecular flexibility index (Phi) is 7.08. The maximum Gasteiger partial charge on any atom is 0.341 e. The molecule has 6 nitrogen and oxygen atoms in total. The van der Waals surface area contributed by atoms with Gasteiger partial charge in [-0.25, -0.2) is 4.79 Å². The highest BCUT2D eigenvalue weighted by molar-refractivity contribution is 6.30. The number of halogens is 1. The second-order valence-electron chi connectivity index (χ2n) is 8.36. The Balaban J connectivity index is 1.68. The van der Waals surface area contributed by atoms with E-state index in [2.05, 4.69) is 0 Å². The van der Waals surface area contributed by atoms with Crippen molar-refractivity contribution in [1.29, 1.82) is 0 Å². The second kappa shape index (κ2) is 10.2. The van der Waals surface area contributed by atoms with Crippen molar-refractivity contribution in [3.05, 3.63) is 93.5 Å². The van der Waals surface area contributed by atoms with E-state index >= 15 is 0 Å². The van der Waals surface area contributed by atoms with E-state index in [0.29, 0.717) is 35.1 Å². The van der Waals surface area contributed by atoms with Crippen molar-refractivity contribution >= 4 is 23.5 Å². The van der Waals surface area contributed by atoms with Crippen LogP contribution in [0.15, 0.2) is 60.7 Å². The number of benzene rings is 3. The molecule has 0 aromatic heterocycles. The maximum absolute atomic E-state index is 13.4. The van der Waals surface area contributed by atoms with E-state index in [1.807, 2.05) is 56.3 Å². The summed E-state index contributed by atoms with van der Waals surface area (Å²) in [6.07, 6.45) is 0.702. The molecule has 176 valence electrons. The zero-order chi connectivity index (χ0) is 24.2.